The van der Waals surface area contributed by atoms with E-state index in [9.17, 15) is 10.5 Å². The number of nitrogens with zero attached hydrogens (tertiary/aromatic N) is 6. The lowest BCUT2D eigenvalue weighted by Gasteiger charge is -2.20. The fourth-order valence-corrected chi connectivity index (χ4v) is 11.2. The van der Waals surface area contributed by atoms with E-state index in [0.717, 1.165) is 121 Å². The molecule has 10 aromatic carbocycles. The first-order chi connectivity index (χ1) is 33.7. The SMILES string of the molecule is N#Cc1cccc(-c2cc(-n3c4ccccc4c4ccc5c6ccccc6n(-c6ccccc6)c5c43)c(C#N)cc2-n2c3ccccc3c3ccc4c5ccccc5n(-c5ccccc5)c4c32)c1. The molecular formula is C62H36N6. The van der Waals surface area contributed by atoms with Crippen molar-refractivity contribution in [2.24, 2.45) is 0 Å². The van der Waals surface area contributed by atoms with Gasteiger partial charge in [-0.05, 0) is 78.4 Å². The standard InChI is InChI=1S/C62H36N6/c63-37-39-16-15-17-40(34-39)52-36-57(67-55-28-13-9-24-46(55)50-32-30-48-44-22-7-11-26-53(44)65(59(48)61(50)67)42-18-3-1-4-19-42)41(38-64)35-58(52)68-56-29-14-10-25-47(56)51-33-31-49-45-23-8-12-27-54(45)66(60(49)62(51)68)43-20-5-2-6-21-43/h1-36H. The van der Waals surface area contributed by atoms with Crippen LogP contribution in [0.2, 0.25) is 0 Å². The number of benzene rings is 10. The van der Waals surface area contributed by atoms with Crippen LogP contribution in [0.5, 0.6) is 0 Å². The Balaban J connectivity index is 1.18. The highest BCUT2D eigenvalue weighted by molar-refractivity contribution is 6.25. The fourth-order valence-electron chi connectivity index (χ4n) is 11.2. The molecule has 0 bridgehead atoms. The number of nitriles is 2. The van der Waals surface area contributed by atoms with Crippen molar-refractivity contribution in [2.75, 3.05) is 0 Å². The van der Waals surface area contributed by atoms with E-state index in [2.05, 4.69) is 231 Å². The van der Waals surface area contributed by atoms with Crippen LogP contribution >= 0.6 is 0 Å². The Labute approximate surface area is 389 Å². The van der Waals surface area contributed by atoms with Gasteiger partial charge in [0.05, 0.1) is 72.7 Å². The third kappa shape index (κ3) is 5.20. The Bertz CT molecular complexity index is 4510. The summed E-state index contributed by atoms with van der Waals surface area (Å²) in [6.45, 7) is 0. The molecule has 14 aromatic rings. The minimum atomic E-state index is 0.518. The summed E-state index contributed by atoms with van der Waals surface area (Å²) in [5.74, 6) is 0. The average Bonchev–Trinajstić information content (AvgIpc) is 4.14. The zero-order valence-electron chi connectivity index (χ0n) is 36.5. The number of hydrogen-bond donors (Lipinski definition) is 0. The second-order valence-corrected chi connectivity index (χ2v) is 17.5. The molecule has 0 amide bonds. The van der Waals surface area contributed by atoms with Crippen LogP contribution in [0.15, 0.2) is 218 Å². The van der Waals surface area contributed by atoms with Crippen molar-refractivity contribution in [1.29, 1.82) is 10.5 Å². The molecule has 0 aliphatic rings. The fraction of sp³-hybridized carbons (Fsp3) is 0. The van der Waals surface area contributed by atoms with Crippen molar-refractivity contribution < 1.29 is 0 Å². The molecular weight excluding hydrogens is 829 g/mol. The Morgan fingerprint density at radius 1 is 0.294 bits per heavy atom. The summed E-state index contributed by atoms with van der Waals surface area (Å²) in [4.78, 5) is 0. The van der Waals surface area contributed by atoms with Gasteiger partial charge in [-0.1, -0.05) is 146 Å². The molecule has 0 aliphatic heterocycles. The molecule has 4 heterocycles. The second-order valence-electron chi connectivity index (χ2n) is 17.5. The second kappa shape index (κ2) is 14.4. The molecule has 0 aliphatic carbocycles. The largest absolute Gasteiger partial charge is 0.307 e. The van der Waals surface area contributed by atoms with Gasteiger partial charge in [-0.3, -0.25) is 0 Å². The number of rotatable bonds is 5. The Kier molecular flexibility index (Phi) is 8.01. The van der Waals surface area contributed by atoms with E-state index < -0.39 is 0 Å². The van der Waals surface area contributed by atoms with Crippen LogP contribution < -0.4 is 0 Å². The van der Waals surface area contributed by atoms with E-state index in [-0.39, 0.29) is 0 Å². The lowest BCUT2D eigenvalue weighted by Crippen LogP contribution is -2.05. The van der Waals surface area contributed by atoms with Crippen molar-refractivity contribution in [3.8, 4) is 46.0 Å². The third-order valence-electron chi connectivity index (χ3n) is 14.0. The Morgan fingerprint density at radius 3 is 1.13 bits per heavy atom. The van der Waals surface area contributed by atoms with Crippen molar-refractivity contribution in [1.82, 2.24) is 18.3 Å². The van der Waals surface area contributed by atoms with Crippen LogP contribution in [0.25, 0.3) is 121 Å². The molecule has 14 rings (SSSR count). The first kappa shape index (κ1) is 37.7. The van der Waals surface area contributed by atoms with Gasteiger partial charge in [0.2, 0.25) is 0 Å². The predicted molar refractivity (Wildman–Crippen MR) is 279 cm³/mol. The zero-order chi connectivity index (χ0) is 45.0. The van der Waals surface area contributed by atoms with Crippen molar-refractivity contribution in [3.05, 3.63) is 230 Å². The summed E-state index contributed by atoms with van der Waals surface area (Å²) < 4.78 is 9.42. The highest BCUT2D eigenvalue weighted by atomic mass is 15.1. The molecule has 0 radical (unpaired) electrons. The quantitative estimate of drug-likeness (QED) is 0.173. The van der Waals surface area contributed by atoms with E-state index in [1.165, 1.54) is 0 Å². The van der Waals surface area contributed by atoms with E-state index in [0.29, 0.717) is 11.1 Å². The van der Waals surface area contributed by atoms with Crippen LogP contribution in [0, 0.1) is 22.7 Å². The normalized spacial score (nSPS) is 11.8. The molecule has 0 fully saturated rings. The summed E-state index contributed by atoms with van der Waals surface area (Å²) in [6.07, 6.45) is 0. The molecule has 4 aromatic heterocycles. The van der Waals surface area contributed by atoms with Gasteiger partial charge in [-0.15, -0.1) is 0 Å². The molecule has 0 spiro atoms. The van der Waals surface area contributed by atoms with Gasteiger partial charge in [0.1, 0.15) is 6.07 Å². The van der Waals surface area contributed by atoms with Crippen molar-refractivity contribution in [3.63, 3.8) is 0 Å². The first-order valence-electron chi connectivity index (χ1n) is 22.8. The predicted octanol–water partition coefficient (Wildman–Crippen LogP) is 15.5. The summed E-state index contributed by atoms with van der Waals surface area (Å²) in [7, 11) is 0. The highest BCUT2D eigenvalue weighted by Crippen LogP contribution is 2.46. The van der Waals surface area contributed by atoms with Gasteiger partial charge in [0.25, 0.3) is 0 Å². The number of fused-ring (bicyclic) bond motifs is 14. The molecule has 6 nitrogen and oxygen atoms in total. The van der Waals surface area contributed by atoms with Gasteiger partial charge >= 0.3 is 0 Å². The molecule has 0 saturated heterocycles. The van der Waals surface area contributed by atoms with E-state index >= 15 is 0 Å². The third-order valence-corrected chi connectivity index (χ3v) is 14.0. The molecule has 314 valence electrons. The van der Waals surface area contributed by atoms with Crippen molar-refractivity contribution >= 4 is 87.2 Å². The average molecular weight is 865 g/mol. The Morgan fingerprint density at radius 2 is 0.691 bits per heavy atom. The molecule has 68 heavy (non-hydrogen) atoms. The smallest absolute Gasteiger partial charge is 0.101 e. The van der Waals surface area contributed by atoms with Gasteiger partial charge in [0.15, 0.2) is 0 Å². The van der Waals surface area contributed by atoms with E-state index in [1.807, 2.05) is 18.2 Å². The minimum Gasteiger partial charge on any atom is -0.307 e. The number of hydrogen-bond acceptors (Lipinski definition) is 2. The van der Waals surface area contributed by atoms with Gasteiger partial charge in [-0.2, -0.15) is 10.5 Å². The number of para-hydroxylation sites is 6. The molecule has 0 atom stereocenters. The number of aromatic nitrogens is 4. The van der Waals surface area contributed by atoms with Crippen LogP contribution in [0.4, 0.5) is 0 Å². The maximum Gasteiger partial charge on any atom is 0.101 e. The van der Waals surface area contributed by atoms with Gasteiger partial charge in [0, 0.05) is 60.0 Å². The van der Waals surface area contributed by atoms with Crippen molar-refractivity contribution in [2.45, 2.75) is 0 Å². The molecule has 0 N–H and O–H groups in total. The summed E-state index contributed by atoms with van der Waals surface area (Å²) >= 11 is 0. The Hall–Kier alpha value is -9.62. The van der Waals surface area contributed by atoms with Gasteiger partial charge in [-0.25, -0.2) is 0 Å². The van der Waals surface area contributed by atoms with E-state index in [1.54, 1.807) is 0 Å². The first-order valence-corrected chi connectivity index (χ1v) is 22.8. The van der Waals surface area contributed by atoms with Crippen LogP contribution in [0.3, 0.4) is 0 Å². The molecule has 6 heteroatoms. The summed E-state index contributed by atoms with van der Waals surface area (Å²) in [6, 6.07) is 81.7. The monoisotopic (exact) mass is 864 g/mol. The summed E-state index contributed by atoms with van der Waals surface area (Å²) in [5.41, 5.74) is 14.9. The van der Waals surface area contributed by atoms with Crippen LogP contribution in [-0.2, 0) is 0 Å². The maximum atomic E-state index is 11.6. The zero-order valence-corrected chi connectivity index (χ0v) is 36.5. The lowest BCUT2D eigenvalue weighted by atomic mass is 9.97. The van der Waals surface area contributed by atoms with Crippen LogP contribution in [-0.4, -0.2) is 18.3 Å². The van der Waals surface area contributed by atoms with E-state index in [4.69, 9.17) is 0 Å². The summed E-state index contributed by atoms with van der Waals surface area (Å²) in [5, 5.41) is 31.0. The highest BCUT2D eigenvalue weighted by Gasteiger charge is 2.27. The minimum absolute atomic E-state index is 0.518. The molecule has 0 saturated carbocycles. The maximum absolute atomic E-state index is 11.6. The molecule has 0 unspecified atom stereocenters. The topological polar surface area (TPSA) is 67.3 Å². The van der Waals surface area contributed by atoms with Crippen LogP contribution in [0.1, 0.15) is 11.1 Å². The lowest BCUT2D eigenvalue weighted by molar-refractivity contribution is 1.12. The van der Waals surface area contributed by atoms with Gasteiger partial charge < -0.3 is 18.3 Å².